The van der Waals surface area contributed by atoms with Gasteiger partial charge < -0.3 is 9.47 Å². The number of thiazole rings is 1. The van der Waals surface area contributed by atoms with Crippen molar-refractivity contribution in [3.63, 3.8) is 0 Å². The van der Waals surface area contributed by atoms with Crippen LogP contribution in [0, 0.1) is 0 Å². The number of esters is 1. The Kier molecular flexibility index (Phi) is 5.07. The summed E-state index contributed by atoms with van der Waals surface area (Å²) in [5.41, 5.74) is 2.85. The van der Waals surface area contributed by atoms with Crippen LogP contribution in [0.3, 0.4) is 0 Å². The minimum absolute atomic E-state index is 0.105. The summed E-state index contributed by atoms with van der Waals surface area (Å²) in [6, 6.07) is 14.5. The van der Waals surface area contributed by atoms with Gasteiger partial charge in [0, 0.05) is 10.9 Å². The summed E-state index contributed by atoms with van der Waals surface area (Å²) in [4.78, 5) is 16.8. The van der Waals surface area contributed by atoms with Gasteiger partial charge in [-0.25, -0.2) is 14.5 Å². The molecule has 0 bridgehead atoms. The summed E-state index contributed by atoms with van der Waals surface area (Å²) in [7, 11) is 1.63. The van der Waals surface area contributed by atoms with Crippen LogP contribution in [-0.2, 0) is 11.3 Å². The molecule has 0 amide bonds. The van der Waals surface area contributed by atoms with Crippen molar-refractivity contribution in [1.82, 2.24) is 25.2 Å². The Bertz CT molecular complexity index is 1080. The third kappa shape index (κ3) is 3.89. The van der Waals surface area contributed by atoms with E-state index in [4.69, 9.17) is 9.47 Å². The second-order valence-electron chi connectivity index (χ2n) is 5.75. The van der Waals surface area contributed by atoms with Crippen molar-refractivity contribution in [1.29, 1.82) is 0 Å². The topological polar surface area (TPSA) is 92.0 Å². The van der Waals surface area contributed by atoms with Gasteiger partial charge in [-0.2, -0.15) is 0 Å². The summed E-state index contributed by atoms with van der Waals surface area (Å²) in [6.07, 6.45) is 1.48. The van der Waals surface area contributed by atoms with E-state index >= 15 is 0 Å². The zero-order valence-corrected chi connectivity index (χ0v) is 15.7. The fraction of sp³-hybridized carbons (Fsp3) is 0.105. The Morgan fingerprint density at radius 2 is 2.04 bits per heavy atom. The summed E-state index contributed by atoms with van der Waals surface area (Å²) < 4.78 is 12.1. The van der Waals surface area contributed by atoms with E-state index in [1.54, 1.807) is 31.4 Å². The van der Waals surface area contributed by atoms with Crippen LogP contribution in [-0.4, -0.2) is 38.3 Å². The molecule has 0 fully saturated rings. The molecule has 2 aromatic carbocycles. The molecule has 0 N–H and O–H groups in total. The van der Waals surface area contributed by atoms with Crippen LogP contribution in [0.15, 0.2) is 60.2 Å². The summed E-state index contributed by atoms with van der Waals surface area (Å²) in [5.74, 6) is 0.352. The molecule has 0 saturated carbocycles. The van der Waals surface area contributed by atoms with Gasteiger partial charge in [-0.05, 0) is 46.8 Å². The normalized spacial score (nSPS) is 10.6. The highest BCUT2D eigenvalue weighted by atomic mass is 32.1. The zero-order valence-electron chi connectivity index (χ0n) is 14.8. The predicted molar refractivity (Wildman–Crippen MR) is 102 cm³/mol. The molecule has 0 saturated heterocycles. The second kappa shape index (κ2) is 7.97. The molecule has 140 valence electrons. The molecular formula is C19H15N5O3S. The second-order valence-corrected chi connectivity index (χ2v) is 6.61. The number of hydrogen-bond acceptors (Lipinski definition) is 8. The molecular weight excluding hydrogens is 378 g/mol. The van der Waals surface area contributed by atoms with E-state index in [-0.39, 0.29) is 6.61 Å². The van der Waals surface area contributed by atoms with Crippen LogP contribution >= 0.6 is 11.3 Å². The lowest BCUT2D eigenvalue weighted by Crippen LogP contribution is -2.06. The number of rotatable bonds is 6. The lowest BCUT2D eigenvalue weighted by atomic mass is 10.2. The first-order valence-corrected chi connectivity index (χ1v) is 9.20. The highest BCUT2D eigenvalue weighted by Gasteiger charge is 2.11. The van der Waals surface area contributed by atoms with Gasteiger partial charge in [0.2, 0.25) is 0 Å². The third-order valence-electron chi connectivity index (χ3n) is 3.94. The molecule has 0 aliphatic heterocycles. The quantitative estimate of drug-likeness (QED) is 0.465. The maximum Gasteiger partial charge on any atom is 0.338 e. The number of ether oxygens (including phenoxy) is 2. The molecule has 0 aliphatic rings. The van der Waals surface area contributed by atoms with E-state index in [2.05, 4.69) is 20.5 Å². The molecule has 4 aromatic rings. The minimum Gasteiger partial charge on any atom is -0.497 e. The predicted octanol–water partition coefficient (Wildman–Crippen LogP) is 3.15. The van der Waals surface area contributed by atoms with Crippen LogP contribution in [0.2, 0.25) is 0 Å². The Hall–Kier alpha value is -3.59. The highest BCUT2D eigenvalue weighted by Crippen LogP contribution is 2.27. The summed E-state index contributed by atoms with van der Waals surface area (Å²) in [6.45, 7) is 0.105. The van der Waals surface area contributed by atoms with Gasteiger partial charge in [0.1, 0.15) is 23.7 Å². The molecule has 4 rings (SSSR count). The average Bonchev–Trinajstić information content (AvgIpc) is 3.44. The van der Waals surface area contributed by atoms with Crippen LogP contribution in [0.5, 0.6) is 5.75 Å². The first-order valence-electron chi connectivity index (χ1n) is 8.32. The molecule has 0 atom stereocenters. The standard InChI is InChI=1S/C19H15N5O3S/c1-26-17-4-2-3-14(9-17)18-21-15(11-28-18)10-27-19(25)13-5-7-16(8-6-13)24-12-20-22-23-24/h2-9,11-12H,10H2,1H3. The van der Waals surface area contributed by atoms with Crippen molar-refractivity contribution in [2.24, 2.45) is 0 Å². The van der Waals surface area contributed by atoms with E-state index < -0.39 is 5.97 Å². The number of nitrogens with zero attached hydrogens (tertiary/aromatic N) is 5. The van der Waals surface area contributed by atoms with E-state index in [9.17, 15) is 4.79 Å². The fourth-order valence-electron chi connectivity index (χ4n) is 2.51. The van der Waals surface area contributed by atoms with Gasteiger partial charge in [0.05, 0.1) is 24.1 Å². The molecule has 0 unspecified atom stereocenters. The molecule has 0 radical (unpaired) electrons. The third-order valence-corrected chi connectivity index (χ3v) is 4.88. The van der Waals surface area contributed by atoms with Crippen LogP contribution in [0.4, 0.5) is 0 Å². The van der Waals surface area contributed by atoms with Gasteiger partial charge in [0.15, 0.2) is 0 Å². The van der Waals surface area contributed by atoms with Crippen molar-refractivity contribution in [2.45, 2.75) is 6.61 Å². The number of carbonyl (C=O) groups excluding carboxylic acids is 1. The van der Waals surface area contributed by atoms with E-state index in [1.165, 1.54) is 22.3 Å². The Morgan fingerprint density at radius 1 is 1.18 bits per heavy atom. The van der Waals surface area contributed by atoms with Crippen molar-refractivity contribution in [2.75, 3.05) is 7.11 Å². The number of aromatic nitrogens is 5. The van der Waals surface area contributed by atoms with E-state index in [1.807, 2.05) is 29.6 Å². The first kappa shape index (κ1) is 17.8. The average molecular weight is 393 g/mol. The SMILES string of the molecule is COc1cccc(-c2nc(COC(=O)c3ccc(-n4cnnn4)cc3)cs2)c1. The lowest BCUT2D eigenvalue weighted by molar-refractivity contribution is 0.0468. The molecule has 28 heavy (non-hydrogen) atoms. The molecule has 0 spiro atoms. The largest absolute Gasteiger partial charge is 0.497 e. The number of methoxy groups -OCH3 is 1. The van der Waals surface area contributed by atoms with Gasteiger partial charge in [-0.15, -0.1) is 16.4 Å². The molecule has 2 heterocycles. The minimum atomic E-state index is -0.417. The number of benzene rings is 2. The van der Waals surface area contributed by atoms with Crippen molar-refractivity contribution in [3.05, 3.63) is 71.5 Å². The van der Waals surface area contributed by atoms with Gasteiger partial charge in [-0.3, -0.25) is 0 Å². The van der Waals surface area contributed by atoms with Gasteiger partial charge >= 0.3 is 5.97 Å². The first-order chi connectivity index (χ1) is 13.7. The molecule has 2 aromatic heterocycles. The number of carbonyl (C=O) groups is 1. The van der Waals surface area contributed by atoms with E-state index in [0.29, 0.717) is 11.3 Å². The monoisotopic (exact) mass is 393 g/mol. The zero-order chi connectivity index (χ0) is 19.3. The summed E-state index contributed by atoms with van der Waals surface area (Å²) >= 11 is 1.49. The molecule has 0 aliphatic carbocycles. The fourth-order valence-corrected chi connectivity index (χ4v) is 3.32. The van der Waals surface area contributed by atoms with Crippen LogP contribution in [0.25, 0.3) is 16.3 Å². The van der Waals surface area contributed by atoms with Crippen LogP contribution < -0.4 is 4.74 Å². The maximum absolute atomic E-state index is 12.3. The Morgan fingerprint density at radius 3 is 2.79 bits per heavy atom. The number of tetrazole rings is 1. The van der Waals surface area contributed by atoms with Gasteiger partial charge in [0.25, 0.3) is 0 Å². The highest BCUT2D eigenvalue weighted by molar-refractivity contribution is 7.13. The van der Waals surface area contributed by atoms with Gasteiger partial charge in [-0.1, -0.05) is 12.1 Å². The number of hydrogen-bond donors (Lipinski definition) is 0. The van der Waals surface area contributed by atoms with Crippen LogP contribution in [0.1, 0.15) is 16.1 Å². The summed E-state index contributed by atoms with van der Waals surface area (Å²) in [5, 5.41) is 13.7. The molecule has 8 nitrogen and oxygen atoms in total. The smallest absolute Gasteiger partial charge is 0.338 e. The Balaban J connectivity index is 1.39. The van der Waals surface area contributed by atoms with Crippen molar-refractivity contribution in [3.8, 4) is 22.0 Å². The van der Waals surface area contributed by atoms with E-state index in [0.717, 1.165) is 22.0 Å². The molecule has 9 heteroatoms. The van der Waals surface area contributed by atoms with Crippen molar-refractivity contribution < 1.29 is 14.3 Å². The lowest BCUT2D eigenvalue weighted by Gasteiger charge is -2.04. The maximum atomic E-state index is 12.3. The Labute approximate surface area is 164 Å². The van der Waals surface area contributed by atoms with Crippen molar-refractivity contribution >= 4 is 17.3 Å².